The van der Waals surface area contributed by atoms with Crippen molar-refractivity contribution in [1.29, 1.82) is 0 Å². The zero-order valence-electron chi connectivity index (χ0n) is 13.1. The fourth-order valence-electron chi connectivity index (χ4n) is 3.10. The van der Waals surface area contributed by atoms with Crippen molar-refractivity contribution >= 4 is 17.3 Å². The molecule has 1 aliphatic rings. The molecule has 2 unspecified atom stereocenters. The van der Waals surface area contributed by atoms with Gasteiger partial charge in [0.15, 0.2) is 0 Å². The van der Waals surface area contributed by atoms with Gasteiger partial charge in [0, 0.05) is 25.7 Å². The molecule has 0 aliphatic carbocycles. The maximum atomic E-state index is 6.50. The molecule has 2 rings (SSSR count). The van der Waals surface area contributed by atoms with Crippen LogP contribution < -0.4 is 10.2 Å². The molecule has 20 heavy (non-hydrogen) atoms. The Hall–Kier alpha value is -0.730. The van der Waals surface area contributed by atoms with Gasteiger partial charge in [-0.2, -0.15) is 0 Å². The summed E-state index contributed by atoms with van der Waals surface area (Å²) < 4.78 is 0. The van der Waals surface area contributed by atoms with Crippen LogP contribution in [0.4, 0.5) is 5.69 Å². The number of rotatable bonds is 4. The fraction of sp³-hybridized carbons (Fsp3) is 0.647. The van der Waals surface area contributed by atoms with Crippen molar-refractivity contribution in [3.05, 3.63) is 28.8 Å². The number of nitrogens with one attached hydrogen (secondary N) is 1. The van der Waals surface area contributed by atoms with E-state index < -0.39 is 0 Å². The van der Waals surface area contributed by atoms with Gasteiger partial charge in [-0.1, -0.05) is 45.4 Å². The van der Waals surface area contributed by atoms with E-state index >= 15 is 0 Å². The van der Waals surface area contributed by atoms with Crippen LogP contribution in [0.15, 0.2) is 18.2 Å². The summed E-state index contributed by atoms with van der Waals surface area (Å²) in [7, 11) is 0. The zero-order valence-corrected chi connectivity index (χ0v) is 13.9. The molecule has 1 N–H and O–H groups in total. The summed E-state index contributed by atoms with van der Waals surface area (Å²) in [5.41, 5.74) is 2.45. The van der Waals surface area contributed by atoms with Gasteiger partial charge in [0.2, 0.25) is 0 Å². The lowest BCUT2D eigenvalue weighted by atomic mass is 9.91. The normalized spacial score (nSPS) is 23.4. The van der Waals surface area contributed by atoms with Gasteiger partial charge in [0.1, 0.15) is 0 Å². The summed E-state index contributed by atoms with van der Waals surface area (Å²) >= 11 is 6.50. The third kappa shape index (κ3) is 4.13. The number of halogens is 1. The van der Waals surface area contributed by atoms with Crippen molar-refractivity contribution in [2.45, 2.75) is 46.7 Å². The SMILES string of the molecule is CC1CC(C)CN(c2ccc(CNC(C)C)cc2Cl)C1. The van der Waals surface area contributed by atoms with Gasteiger partial charge in [-0.05, 0) is 36.0 Å². The van der Waals surface area contributed by atoms with Crippen molar-refractivity contribution in [1.82, 2.24) is 5.32 Å². The summed E-state index contributed by atoms with van der Waals surface area (Å²) in [5.74, 6) is 1.49. The van der Waals surface area contributed by atoms with E-state index in [1.54, 1.807) is 0 Å². The van der Waals surface area contributed by atoms with Crippen LogP contribution in [-0.4, -0.2) is 19.1 Å². The smallest absolute Gasteiger partial charge is 0.0642 e. The lowest BCUT2D eigenvalue weighted by Crippen LogP contribution is -2.38. The van der Waals surface area contributed by atoms with Crippen LogP contribution in [0.3, 0.4) is 0 Å². The second-order valence-corrected chi connectivity index (χ2v) is 7.08. The average molecular weight is 295 g/mol. The van der Waals surface area contributed by atoms with Gasteiger partial charge < -0.3 is 10.2 Å². The molecule has 0 spiro atoms. The molecule has 1 aliphatic heterocycles. The number of anilines is 1. The molecule has 0 radical (unpaired) electrons. The number of hydrogen-bond donors (Lipinski definition) is 1. The van der Waals surface area contributed by atoms with Gasteiger partial charge in [-0.25, -0.2) is 0 Å². The van der Waals surface area contributed by atoms with E-state index in [0.717, 1.165) is 36.5 Å². The molecule has 1 fully saturated rings. The Balaban J connectivity index is 2.09. The predicted molar refractivity (Wildman–Crippen MR) is 88.6 cm³/mol. The third-order valence-corrected chi connectivity index (χ3v) is 4.24. The second kappa shape index (κ2) is 6.82. The Morgan fingerprint density at radius 2 is 1.90 bits per heavy atom. The van der Waals surface area contributed by atoms with E-state index in [1.165, 1.54) is 17.7 Å². The van der Waals surface area contributed by atoms with Crippen LogP contribution in [0.5, 0.6) is 0 Å². The van der Waals surface area contributed by atoms with Gasteiger partial charge >= 0.3 is 0 Å². The lowest BCUT2D eigenvalue weighted by molar-refractivity contribution is 0.357. The summed E-state index contributed by atoms with van der Waals surface area (Å²) in [6, 6.07) is 6.98. The van der Waals surface area contributed by atoms with Crippen molar-refractivity contribution in [3.8, 4) is 0 Å². The molecule has 112 valence electrons. The van der Waals surface area contributed by atoms with E-state index in [-0.39, 0.29) is 0 Å². The first-order chi connectivity index (χ1) is 9.45. The van der Waals surface area contributed by atoms with E-state index in [2.05, 4.69) is 56.1 Å². The van der Waals surface area contributed by atoms with Gasteiger partial charge in [0.05, 0.1) is 10.7 Å². The van der Waals surface area contributed by atoms with Crippen LogP contribution >= 0.6 is 11.6 Å². The van der Waals surface area contributed by atoms with Crippen LogP contribution in [0, 0.1) is 11.8 Å². The highest BCUT2D eigenvalue weighted by atomic mass is 35.5. The summed E-state index contributed by atoms with van der Waals surface area (Å²) in [5, 5.41) is 4.31. The molecule has 2 atom stereocenters. The van der Waals surface area contributed by atoms with Crippen molar-refractivity contribution in [3.63, 3.8) is 0 Å². The van der Waals surface area contributed by atoms with Crippen LogP contribution in [0.2, 0.25) is 5.02 Å². The third-order valence-electron chi connectivity index (χ3n) is 3.94. The van der Waals surface area contributed by atoms with Crippen LogP contribution in [0.25, 0.3) is 0 Å². The van der Waals surface area contributed by atoms with E-state index in [1.807, 2.05) is 0 Å². The molecule has 1 saturated heterocycles. The zero-order chi connectivity index (χ0) is 14.7. The number of benzene rings is 1. The molecule has 3 heteroatoms. The van der Waals surface area contributed by atoms with Gasteiger partial charge in [0.25, 0.3) is 0 Å². The summed E-state index contributed by atoms with van der Waals surface area (Å²) in [4.78, 5) is 2.45. The highest BCUT2D eigenvalue weighted by molar-refractivity contribution is 6.33. The fourth-order valence-corrected chi connectivity index (χ4v) is 3.42. The molecule has 1 heterocycles. The van der Waals surface area contributed by atoms with Gasteiger partial charge in [-0.15, -0.1) is 0 Å². The maximum Gasteiger partial charge on any atom is 0.0642 e. The minimum absolute atomic E-state index is 0.497. The molecule has 0 bridgehead atoms. The topological polar surface area (TPSA) is 15.3 Å². The van der Waals surface area contributed by atoms with E-state index in [0.29, 0.717) is 6.04 Å². The quantitative estimate of drug-likeness (QED) is 0.889. The Bertz CT molecular complexity index is 435. The minimum atomic E-state index is 0.497. The summed E-state index contributed by atoms with van der Waals surface area (Å²) in [6.45, 7) is 12.1. The van der Waals surface area contributed by atoms with Crippen LogP contribution in [0.1, 0.15) is 39.7 Å². The van der Waals surface area contributed by atoms with Crippen LogP contribution in [-0.2, 0) is 6.54 Å². The molecule has 0 aromatic heterocycles. The first kappa shape index (κ1) is 15.7. The van der Waals surface area contributed by atoms with Crippen molar-refractivity contribution in [2.24, 2.45) is 11.8 Å². The first-order valence-corrected chi connectivity index (χ1v) is 8.10. The summed E-state index contributed by atoms with van der Waals surface area (Å²) in [6.07, 6.45) is 1.32. The highest BCUT2D eigenvalue weighted by Gasteiger charge is 2.23. The molecule has 0 amide bonds. The molecule has 0 saturated carbocycles. The largest absolute Gasteiger partial charge is 0.370 e. The molecule has 2 nitrogen and oxygen atoms in total. The monoisotopic (exact) mass is 294 g/mol. The molecule has 1 aromatic rings. The van der Waals surface area contributed by atoms with Crippen molar-refractivity contribution in [2.75, 3.05) is 18.0 Å². The number of hydrogen-bond acceptors (Lipinski definition) is 2. The molecular formula is C17H27ClN2. The standard InChI is InChI=1S/C17H27ClN2/c1-12(2)19-9-15-5-6-17(16(18)8-15)20-10-13(3)7-14(4)11-20/h5-6,8,12-14,19H,7,9-11H2,1-4H3. The molecule has 1 aromatic carbocycles. The van der Waals surface area contributed by atoms with Gasteiger partial charge in [-0.3, -0.25) is 0 Å². The Kier molecular flexibility index (Phi) is 5.34. The Labute approximate surface area is 128 Å². The first-order valence-electron chi connectivity index (χ1n) is 7.72. The number of piperidine rings is 1. The lowest BCUT2D eigenvalue weighted by Gasteiger charge is -2.37. The number of nitrogens with zero attached hydrogens (tertiary/aromatic N) is 1. The minimum Gasteiger partial charge on any atom is -0.370 e. The highest BCUT2D eigenvalue weighted by Crippen LogP contribution is 2.32. The van der Waals surface area contributed by atoms with Crippen molar-refractivity contribution < 1.29 is 0 Å². The Morgan fingerprint density at radius 3 is 2.45 bits per heavy atom. The molecular weight excluding hydrogens is 268 g/mol. The van der Waals surface area contributed by atoms with E-state index in [4.69, 9.17) is 11.6 Å². The average Bonchev–Trinajstić information content (AvgIpc) is 2.35. The Morgan fingerprint density at radius 1 is 1.25 bits per heavy atom. The maximum absolute atomic E-state index is 6.50. The van der Waals surface area contributed by atoms with E-state index in [9.17, 15) is 0 Å². The second-order valence-electron chi connectivity index (χ2n) is 6.67. The predicted octanol–water partition coefficient (Wildman–Crippen LogP) is 4.32.